The summed E-state index contributed by atoms with van der Waals surface area (Å²) in [5.41, 5.74) is 3.23. The highest BCUT2D eigenvalue weighted by atomic mass is 16.5. The van der Waals surface area contributed by atoms with Gasteiger partial charge in [-0.1, -0.05) is 18.2 Å². The summed E-state index contributed by atoms with van der Waals surface area (Å²) < 4.78 is 5.96. The SMILES string of the molecule is OC(COc1cccc2ncccc12)CN1CCN(C(c2cccnc2)c2cccnc2)CC1. The van der Waals surface area contributed by atoms with E-state index < -0.39 is 6.10 Å². The molecule has 0 radical (unpaired) electrons. The Bertz CT molecular complexity index is 1140. The van der Waals surface area contributed by atoms with Crippen LogP contribution in [0, 0.1) is 0 Å². The summed E-state index contributed by atoms with van der Waals surface area (Å²) in [6.07, 6.45) is 8.70. The number of fused-ring (bicyclic) bond motifs is 1. The molecule has 1 unspecified atom stereocenters. The molecule has 0 amide bonds. The first-order valence-corrected chi connectivity index (χ1v) is 11.7. The van der Waals surface area contributed by atoms with Crippen molar-refractivity contribution < 1.29 is 9.84 Å². The van der Waals surface area contributed by atoms with Crippen LogP contribution in [0.3, 0.4) is 0 Å². The van der Waals surface area contributed by atoms with E-state index in [2.05, 4.69) is 36.9 Å². The van der Waals surface area contributed by atoms with Crippen LogP contribution in [-0.4, -0.2) is 75.3 Å². The molecule has 1 saturated heterocycles. The molecule has 3 aromatic heterocycles. The van der Waals surface area contributed by atoms with Gasteiger partial charge in [-0.25, -0.2) is 0 Å². The van der Waals surface area contributed by atoms with Crippen LogP contribution < -0.4 is 4.74 Å². The number of pyridine rings is 3. The van der Waals surface area contributed by atoms with E-state index in [1.165, 1.54) is 11.1 Å². The van der Waals surface area contributed by atoms with Crippen LogP contribution in [0.5, 0.6) is 5.75 Å². The van der Waals surface area contributed by atoms with Gasteiger partial charge < -0.3 is 9.84 Å². The van der Waals surface area contributed by atoms with E-state index in [1.807, 2.05) is 54.9 Å². The second-order valence-corrected chi connectivity index (χ2v) is 8.60. The quantitative estimate of drug-likeness (QED) is 0.437. The molecule has 0 spiro atoms. The third kappa shape index (κ3) is 5.22. The van der Waals surface area contributed by atoms with Gasteiger partial charge in [0.05, 0.1) is 11.6 Å². The van der Waals surface area contributed by atoms with Gasteiger partial charge in [0.2, 0.25) is 0 Å². The smallest absolute Gasteiger partial charge is 0.128 e. The first-order valence-electron chi connectivity index (χ1n) is 11.7. The summed E-state index contributed by atoms with van der Waals surface area (Å²) in [7, 11) is 0. The van der Waals surface area contributed by atoms with Crippen LogP contribution in [0.15, 0.2) is 85.6 Å². The lowest BCUT2D eigenvalue weighted by atomic mass is 9.99. The third-order valence-corrected chi connectivity index (χ3v) is 6.28. The fourth-order valence-corrected chi connectivity index (χ4v) is 4.63. The molecule has 0 aliphatic carbocycles. The number of benzene rings is 1. The molecule has 1 N–H and O–H groups in total. The van der Waals surface area contributed by atoms with E-state index in [9.17, 15) is 5.11 Å². The zero-order chi connectivity index (χ0) is 23.2. The Kier molecular flexibility index (Phi) is 7.05. The molecule has 7 nitrogen and oxygen atoms in total. The van der Waals surface area contributed by atoms with Crippen molar-refractivity contribution in [2.45, 2.75) is 12.1 Å². The molecule has 5 rings (SSSR count). The number of β-amino-alcohol motifs (C(OH)–C–C–N with tert-alkyl or cyclic N) is 1. The molecule has 0 bridgehead atoms. The maximum Gasteiger partial charge on any atom is 0.128 e. The first-order chi connectivity index (χ1) is 16.8. The van der Waals surface area contributed by atoms with Gasteiger partial charge >= 0.3 is 0 Å². The number of aromatic nitrogens is 3. The second kappa shape index (κ2) is 10.7. The maximum atomic E-state index is 10.7. The Balaban J connectivity index is 1.17. The summed E-state index contributed by atoms with van der Waals surface area (Å²) in [6, 6.07) is 18.0. The van der Waals surface area contributed by atoms with E-state index in [1.54, 1.807) is 18.6 Å². The molecule has 34 heavy (non-hydrogen) atoms. The number of hydrogen-bond acceptors (Lipinski definition) is 7. The standard InChI is InChI=1S/C27H29N5O2/c33-23(20-34-26-9-1-8-25-24(26)7-4-12-30-25)19-31-13-15-32(16-14-31)27(21-5-2-10-28-17-21)22-6-3-11-29-18-22/h1-12,17-18,23,27,33H,13-16,19-20H2. The van der Waals surface area contributed by atoms with Crippen molar-refractivity contribution in [3.63, 3.8) is 0 Å². The van der Waals surface area contributed by atoms with Crippen molar-refractivity contribution >= 4 is 10.9 Å². The van der Waals surface area contributed by atoms with Crippen molar-refractivity contribution in [1.29, 1.82) is 0 Å². The molecule has 0 saturated carbocycles. The van der Waals surface area contributed by atoms with Crippen molar-refractivity contribution in [3.05, 3.63) is 96.7 Å². The van der Waals surface area contributed by atoms with Crippen LogP contribution in [0.1, 0.15) is 17.2 Å². The molecule has 4 aromatic rings. The number of nitrogens with zero attached hydrogens (tertiary/aromatic N) is 5. The summed E-state index contributed by atoms with van der Waals surface area (Å²) in [4.78, 5) is 17.8. The molecule has 4 heterocycles. The number of piperazine rings is 1. The summed E-state index contributed by atoms with van der Waals surface area (Å²) >= 11 is 0. The normalized spacial score (nSPS) is 16.1. The lowest BCUT2D eigenvalue weighted by Gasteiger charge is -2.40. The second-order valence-electron chi connectivity index (χ2n) is 8.60. The number of aliphatic hydroxyl groups is 1. The number of rotatable bonds is 8. The predicted molar refractivity (Wildman–Crippen MR) is 132 cm³/mol. The molecule has 1 aliphatic heterocycles. The fourth-order valence-electron chi connectivity index (χ4n) is 4.63. The topological polar surface area (TPSA) is 74.6 Å². The van der Waals surface area contributed by atoms with Gasteiger partial charge in [0.1, 0.15) is 18.5 Å². The van der Waals surface area contributed by atoms with Gasteiger partial charge in [-0.05, 0) is 47.5 Å². The Labute approximate surface area is 199 Å². The Morgan fingerprint density at radius 2 is 1.53 bits per heavy atom. The molecular formula is C27H29N5O2. The van der Waals surface area contributed by atoms with E-state index in [0.717, 1.165) is 42.8 Å². The molecule has 1 aromatic carbocycles. The van der Waals surface area contributed by atoms with Crippen LogP contribution >= 0.6 is 0 Å². The molecule has 1 fully saturated rings. The number of ether oxygens (including phenoxy) is 1. The summed E-state index contributed by atoms with van der Waals surface area (Å²) in [5, 5.41) is 11.6. The monoisotopic (exact) mass is 455 g/mol. The fraction of sp³-hybridized carbons (Fsp3) is 0.296. The zero-order valence-electron chi connectivity index (χ0n) is 19.1. The summed E-state index contributed by atoms with van der Waals surface area (Å²) in [6.45, 7) is 4.40. The lowest BCUT2D eigenvalue weighted by molar-refractivity contribution is 0.0403. The van der Waals surface area contributed by atoms with Gasteiger partial charge in [0.25, 0.3) is 0 Å². The van der Waals surface area contributed by atoms with Crippen molar-refractivity contribution in [2.24, 2.45) is 0 Å². The highest BCUT2D eigenvalue weighted by molar-refractivity contribution is 5.84. The van der Waals surface area contributed by atoms with Gasteiger partial charge in [-0.2, -0.15) is 0 Å². The average Bonchev–Trinajstić information content (AvgIpc) is 2.90. The Morgan fingerprint density at radius 1 is 0.824 bits per heavy atom. The van der Waals surface area contributed by atoms with E-state index >= 15 is 0 Å². The van der Waals surface area contributed by atoms with Gasteiger partial charge in [-0.15, -0.1) is 0 Å². The average molecular weight is 456 g/mol. The predicted octanol–water partition coefficient (Wildman–Crippen LogP) is 3.17. The largest absolute Gasteiger partial charge is 0.490 e. The number of aliphatic hydroxyl groups excluding tert-OH is 1. The minimum absolute atomic E-state index is 0.123. The molecule has 7 heteroatoms. The van der Waals surface area contributed by atoms with Crippen LogP contribution in [-0.2, 0) is 0 Å². The van der Waals surface area contributed by atoms with Crippen LogP contribution in [0.4, 0.5) is 0 Å². The maximum absolute atomic E-state index is 10.7. The molecule has 1 atom stereocenters. The van der Waals surface area contributed by atoms with Gasteiger partial charge in [0, 0.05) is 69.1 Å². The highest BCUT2D eigenvalue weighted by Crippen LogP contribution is 2.29. The first kappa shape index (κ1) is 22.4. The minimum Gasteiger partial charge on any atom is -0.490 e. The highest BCUT2D eigenvalue weighted by Gasteiger charge is 2.27. The minimum atomic E-state index is -0.564. The van der Waals surface area contributed by atoms with E-state index in [0.29, 0.717) is 6.54 Å². The van der Waals surface area contributed by atoms with Crippen molar-refractivity contribution in [3.8, 4) is 5.75 Å². The third-order valence-electron chi connectivity index (χ3n) is 6.28. The van der Waals surface area contributed by atoms with Crippen LogP contribution in [0.25, 0.3) is 10.9 Å². The van der Waals surface area contributed by atoms with Gasteiger partial charge in [0.15, 0.2) is 0 Å². The summed E-state index contributed by atoms with van der Waals surface area (Å²) in [5.74, 6) is 0.755. The van der Waals surface area contributed by atoms with Crippen molar-refractivity contribution in [2.75, 3.05) is 39.3 Å². The van der Waals surface area contributed by atoms with Gasteiger partial charge in [-0.3, -0.25) is 24.8 Å². The zero-order valence-corrected chi connectivity index (χ0v) is 19.1. The lowest BCUT2D eigenvalue weighted by Crippen LogP contribution is -2.50. The Hall–Kier alpha value is -3.39. The van der Waals surface area contributed by atoms with E-state index in [4.69, 9.17) is 4.74 Å². The number of hydrogen-bond donors (Lipinski definition) is 1. The molecule has 1 aliphatic rings. The van der Waals surface area contributed by atoms with Crippen LogP contribution in [0.2, 0.25) is 0 Å². The molecular weight excluding hydrogens is 426 g/mol. The van der Waals surface area contributed by atoms with Crippen molar-refractivity contribution in [1.82, 2.24) is 24.8 Å². The van der Waals surface area contributed by atoms with E-state index in [-0.39, 0.29) is 12.6 Å². The Morgan fingerprint density at radius 3 is 2.21 bits per heavy atom. The molecule has 174 valence electrons.